The molecule has 0 saturated heterocycles. The average molecular weight is 364 g/mol. The van der Waals surface area contributed by atoms with E-state index in [0.29, 0.717) is 12.3 Å². The third kappa shape index (κ3) is 3.72. The molecule has 3 heteroatoms. The zero-order chi connectivity index (χ0) is 19.3. The van der Waals surface area contributed by atoms with Crippen LogP contribution in [-0.4, -0.2) is 4.98 Å². The smallest absolute Gasteiger partial charge is 0.148 e. The maximum Gasteiger partial charge on any atom is 0.148 e. The molecular weight excluding hydrogens is 344 g/mol. The largest absolute Gasteiger partial charge is 0.486 e. The summed E-state index contributed by atoms with van der Waals surface area (Å²) in [6, 6.07) is 28.8. The van der Waals surface area contributed by atoms with Gasteiger partial charge in [0.15, 0.2) is 0 Å². The maximum atomic E-state index is 9.51. The topological polar surface area (TPSA) is 45.9 Å². The van der Waals surface area contributed by atoms with Crippen molar-refractivity contribution in [1.82, 2.24) is 4.98 Å². The fourth-order valence-corrected chi connectivity index (χ4v) is 3.40. The van der Waals surface area contributed by atoms with Crippen molar-refractivity contribution in [2.75, 3.05) is 0 Å². The lowest BCUT2D eigenvalue weighted by molar-refractivity contribution is 0.306. The Morgan fingerprint density at radius 1 is 0.821 bits per heavy atom. The highest BCUT2D eigenvalue weighted by atomic mass is 16.5. The van der Waals surface area contributed by atoms with E-state index in [1.807, 2.05) is 61.5 Å². The van der Waals surface area contributed by atoms with Crippen LogP contribution in [0.5, 0.6) is 5.75 Å². The maximum absolute atomic E-state index is 9.51. The molecule has 3 aromatic carbocycles. The van der Waals surface area contributed by atoms with Crippen molar-refractivity contribution in [3.8, 4) is 11.8 Å². The van der Waals surface area contributed by atoms with Crippen molar-refractivity contribution < 1.29 is 4.74 Å². The number of ether oxygens (including phenoxy) is 1. The van der Waals surface area contributed by atoms with Crippen LogP contribution < -0.4 is 4.74 Å². The van der Waals surface area contributed by atoms with Gasteiger partial charge in [-0.05, 0) is 36.1 Å². The summed E-state index contributed by atoms with van der Waals surface area (Å²) in [5, 5.41) is 11.3. The zero-order valence-electron chi connectivity index (χ0n) is 15.7. The first-order chi connectivity index (χ1) is 13.7. The fourth-order valence-electron chi connectivity index (χ4n) is 3.40. The van der Waals surface area contributed by atoms with Gasteiger partial charge in [0.1, 0.15) is 24.1 Å². The molecular formula is C25H20N2O. The molecule has 0 aliphatic rings. The molecule has 0 saturated carbocycles. The first-order valence-corrected chi connectivity index (χ1v) is 9.28. The van der Waals surface area contributed by atoms with E-state index in [1.54, 1.807) is 0 Å². The second-order valence-corrected chi connectivity index (χ2v) is 6.80. The minimum atomic E-state index is 0.436. The molecule has 0 unspecified atom stereocenters. The van der Waals surface area contributed by atoms with Crippen LogP contribution in [0.4, 0.5) is 0 Å². The van der Waals surface area contributed by atoms with E-state index >= 15 is 0 Å². The number of aryl methyl sites for hydroxylation is 1. The van der Waals surface area contributed by atoms with Crippen LogP contribution in [0.3, 0.4) is 0 Å². The van der Waals surface area contributed by atoms with Crippen LogP contribution in [0.1, 0.15) is 28.1 Å². The van der Waals surface area contributed by atoms with Gasteiger partial charge in [-0.2, -0.15) is 5.26 Å². The number of fused-ring (bicyclic) bond motifs is 1. The third-order valence-corrected chi connectivity index (χ3v) is 4.77. The van der Waals surface area contributed by atoms with Crippen LogP contribution in [0.25, 0.3) is 10.8 Å². The lowest BCUT2D eigenvalue weighted by Gasteiger charge is -2.14. The van der Waals surface area contributed by atoms with Crippen molar-refractivity contribution >= 4 is 10.8 Å². The van der Waals surface area contributed by atoms with Gasteiger partial charge in [-0.3, -0.25) is 0 Å². The van der Waals surface area contributed by atoms with Crippen LogP contribution in [0.15, 0.2) is 78.9 Å². The molecule has 3 nitrogen and oxygen atoms in total. The molecule has 0 bridgehead atoms. The summed E-state index contributed by atoms with van der Waals surface area (Å²) in [7, 11) is 0. The standard InChI is InChI=1S/C25H20N2O/c1-18-25(28-17-20-10-6-3-7-11-20)23-15-21(14-19-8-4-2-5-9-19)12-13-22(23)24(16-26)27-18/h2-13,15H,14,17H2,1H3. The van der Waals surface area contributed by atoms with Gasteiger partial charge < -0.3 is 4.74 Å². The molecule has 0 spiro atoms. The van der Waals surface area contributed by atoms with E-state index in [1.165, 1.54) is 11.1 Å². The molecule has 0 atom stereocenters. The Bertz CT molecular complexity index is 1150. The van der Waals surface area contributed by atoms with E-state index in [9.17, 15) is 5.26 Å². The number of hydrogen-bond donors (Lipinski definition) is 0. The monoisotopic (exact) mass is 364 g/mol. The van der Waals surface area contributed by atoms with E-state index in [2.05, 4.69) is 35.3 Å². The van der Waals surface area contributed by atoms with Gasteiger partial charge >= 0.3 is 0 Å². The number of nitriles is 1. The van der Waals surface area contributed by atoms with E-state index in [4.69, 9.17) is 4.74 Å². The van der Waals surface area contributed by atoms with Crippen LogP contribution in [0.2, 0.25) is 0 Å². The predicted molar refractivity (Wildman–Crippen MR) is 111 cm³/mol. The number of pyridine rings is 1. The second-order valence-electron chi connectivity index (χ2n) is 6.80. The number of aromatic nitrogens is 1. The Kier molecular flexibility index (Phi) is 5.03. The van der Waals surface area contributed by atoms with Crippen LogP contribution in [-0.2, 0) is 13.0 Å². The number of benzene rings is 3. The minimum absolute atomic E-state index is 0.436. The van der Waals surface area contributed by atoms with Crippen LogP contribution in [0, 0.1) is 18.3 Å². The van der Waals surface area contributed by atoms with Gasteiger partial charge in [0, 0.05) is 10.8 Å². The molecule has 1 aromatic heterocycles. The first kappa shape index (κ1) is 17.8. The second kappa shape index (κ2) is 7.94. The third-order valence-electron chi connectivity index (χ3n) is 4.77. The molecule has 136 valence electrons. The highest BCUT2D eigenvalue weighted by molar-refractivity contribution is 5.92. The number of nitrogens with zero attached hydrogens (tertiary/aromatic N) is 2. The molecule has 0 N–H and O–H groups in total. The molecule has 0 aliphatic carbocycles. The van der Waals surface area contributed by atoms with Gasteiger partial charge in [-0.15, -0.1) is 0 Å². The van der Waals surface area contributed by atoms with E-state index in [-0.39, 0.29) is 0 Å². The Labute approximate surface area is 164 Å². The number of hydrogen-bond acceptors (Lipinski definition) is 3. The summed E-state index contributed by atoms with van der Waals surface area (Å²) in [6.45, 7) is 2.36. The van der Waals surface area contributed by atoms with E-state index in [0.717, 1.165) is 34.2 Å². The lowest BCUT2D eigenvalue weighted by atomic mass is 10.00. The Morgan fingerprint density at radius 2 is 1.50 bits per heavy atom. The minimum Gasteiger partial charge on any atom is -0.486 e. The van der Waals surface area contributed by atoms with Crippen molar-refractivity contribution in [1.29, 1.82) is 5.26 Å². The Morgan fingerprint density at radius 3 is 2.18 bits per heavy atom. The van der Waals surface area contributed by atoms with Crippen molar-refractivity contribution in [3.05, 3.63) is 107 Å². The van der Waals surface area contributed by atoms with Crippen molar-refractivity contribution in [3.63, 3.8) is 0 Å². The molecule has 4 rings (SSSR count). The number of rotatable bonds is 5. The summed E-state index contributed by atoms with van der Waals surface area (Å²) in [5.41, 5.74) is 4.69. The Balaban J connectivity index is 1.75. The van der Waals surface area contributed by atoms with Gasteiger partial charge in [0.25, 0.3) is 0 Å². The average Bonchev–Trinajstić information content (AvgIpc) is 2.74. The molecule has 1 heterocycles. The molecule has 0 fully saturated rings. The summed E-state index contributed by atoms with van der Waals surface area (Å²) >= 11 is 0. The summed E-state index contributed by atoms with van der Waals surface area (Å²) in [5.74, 6) is 0.743. The normalized spacial score (nSPS) is 10.6. The summed E-state index contributed by atoms with van der Waals surface area (Å²) in [6.07, 6.45) is 0.832. The lowest BCUT2D eigenvalue weighted by Crippen LogP contribution is -2.01. The quantitative estimate of drug-likeness (QED) is 0.464. The molecule has 4 aromatic rings. The SMILES string of the molecule is Cc1nc(C#N)c2ccc(Cc3ccccc3)cc2c1OCc1ccccc1. The molecule has 0 aliphatic heterocycles. The fraction of sp³-hybridized carbons (Fsp3) is 0.120. The van der Waals surface area contributed by atoms with Gasteiger partial charge in [-0.25, -0.2) is 4.98 Å². The van der Waals surface area contributed by atoms with Crippen LogP contribution >= 0.6 is 0 Å². The highest BCUT2D eigenvalue weighted by Crippen LogP contribution is 2.32. The van der Waals surface area contributed by atoms with E-state index < -0.39 is 0 Å². The summed E-state index contributed by atoms with van der Waals surface area (Å²) < 4.78 is 6.17. The molecule has 28 heavy (non-hydrogen) atoms. The van der Waals surface area contributed by atoms with Crippen molar-refractivity contribution in [2.45, 2.75) is 20.0 Å². The predicted octanol–water partition coefficient (Wildman–Crippen LogP) is 5.58. The van der Waals surface area contributed by atoms with Gasteiger partial charge in [0.05, 0.1) is 5.69 Å². The molecule has 0 radical (unpaired) electrons. The van der Waals surface area contributed by atoms with Crippen molar-refractivity contribution in [2.24, 2.45) is 0 Å². The zero-order valence-corrected chi connectivity index (χ0v) is 15.7. The highest BCUT2D eigenvalue weighted by Gasteiger charge is 2.14. The Hall–Kier alpha value is -3.64. The van der Waals surface area contributed by atoms with Gasteiger partial charge in [0.2, 0.25) is 0 Å². The summed E-state index contributed by atoms with van der Waals surface area (Å²) in [4.78, 5) is 4.46. The molecule has 0 amide bonds. The van der Waals surface area contributed by atoms with Gasteiger partial charge in [-0.1, -0.05) is 72.8 Å². The first-order valence-electron chi connectivity index (χ1n) is 9.28.